The van der Waals surface area contributed by atoms with Crippen molar-refractivity contribution in [1.29, 1.82) is 5.26 Å². The van der Waals surface area contributed by atoms with E-state index in [4.69, 9.17) is 5.26 Å². The summed E-state index contributed by atoms with van der Waals surface area (Å²) in [5.41, 5.74) is 1.45. The smallest absolute Gasteiger partial charge is 0.0994 e. The van der Waals surface area contributed by atoms with Gasteiger partial charge in [-0.2, -0.15) is 5.26 Å². The number of halogens is 1. The first-order valence-corrected chi connectivity index (χ1v) is 4.86. The van der Waals surface area contributed by atoms with E-state index >= 15 is 0 Å². The zero-order chi connectivity index (χ0) is 9.98. The molecule has 0 aromatic carbocycles. The van der Waals surface area contributed by atoms with Crippen molar-refractivity contribution in [2.45, 2.75) is 13.8 Å². The van der Waals surface area contributed by atoms with Gasteiger partial charge in [-0.3, -0.25) is 0 Å². The van der Waals surface area contributed by atoms with Crippen LogP contribution in [0, 0.1) is 11.3 Å². The Bertz CT molecular complexity index is 208. The van der Waals surface area contributed by atoms with Gasteiger partial charge in [0, 0.05) is 5.33 Å². The van der Waals surface area contributed by atoms with Gasteiger partial charge in [-0.15, -0.1) is 0 Å². The summed E-state index contributed by atoms with van der Waals surface area (Å²) in [5.74, 6) is 0. The van der Waals surface area contributed by atoms with E-state index in [2.05, 4.69) is 29.1 Å². The Balaban J connectivity index is 0. The molecule has 0 aromatic heterocycles. The molecule has 1 nitrogen and oxygen atoms in total. The number of rotatable bonds is 3. The van der Waals surface area contributed by atoms with Crippen LogP contribution in [0.4, 0.5) is 0 Å². The van der Waals surface area contributed by atoms with Crippen LogP contribution in [0.3, 0.4) is 0 Å². The lowest BCUT2D eigenvalue weighted by Gasteiger charge is -1.94. The van der Waals surface area contributed by atoms with E-state index < -0.39 is 0 Å². The molecule has 0 aliphatic heterocycles. The second-order valence-corrected chi connectivity index (χ2v) is 2.15. The Morgan fingerprint density at radius 1 is 1.42 bits per heavy atom. The first-order valence-electron chi connectivity index (χ1n) is 3.74. The summed E-state index contributed by atoms with van der Waals surface area (Å²) in [6, 6.07) is 2.01. The van der Waals surface area contributed by atoms with Gasteiger partial charge in [0.1, 0.15) is 0 Å². The van der Waals surface area contributed by atoms with E-state index in [1.54, 1.807) is 6.08 Å². The Hall–Kier alpha value is -0.810. The van der Waals surface area contributed by atoms with Gasteiger partial charge in [-0.1, -0.05) is 55.1 Å². The van der Waals surface area contributed by atoms with Crippen molar-refractivity contribution in [1.82, 2.24) is 0 Å². The standard InChI is InChI=1S/C8H8BrN.C2H6/c1-3-7(5-9)8(4-2)6-10;1-2/h3-4H,1-2,5H2;1-2H3/b8-7-;. The lowest BCUT2D eigenvalue weighted by molar-refractivity contribution is 1.44. The largest absolute Gasteiger partial charge is 0.192 e. The summed E-state index contributed by atoms with van der Waals surface area (Å²) in [7, 11) is 0. The van der Waals surface area contributed by atoms with Crippen LogP contribution >= 0.6 is 15.9 Å². The third kappa shape index (κ3) is 4.92. The predicted molar refractivity (Wildman–Crippen MR) is 58.2 cm³/mol. The molecule has 0 atom stereocenters. The third-order valence-electron chi connectivity index (χ3n) is 1.06. The van der Waals surface area contributed by atoms with E-state index in [1.807, 2.05) is 19.9 Å². The van der Waals surface area contributed by atoms with Crippen molar-refractivity contribution in [3.63, 3.8) is 0 Å². The molecule has 0 rings (SSSR count). The Kier molecular flexibility index (Phi) is 11.7. The van der Waals surface area contributed by atoms with Crippen LogP contribution in [-0.2, 0) is 0 Å². The second-order valence-electron chi connectivity index (χ2n) is 1.59. The average molecular weight is 228 g/mol. The number of alkyl halides is 1. The maximum atomic E-state index is 8.51. The van der Waals surface area contributed by atoms with Gasteiger partial charge < -0.3 is 0 Å². The summed E-state index contributed by atoms with van der Waals surface area (Å²) in [6.45, 7) is 11.1. The molecule has 66 valence electrons. The molecule has 0 spiro atoms. The highest BCUT2D eigenvalue weighted by atomic mass is 79.9. The van der Waals surface area contributed by atoms with Gasteiger partial charge >= 0.3 is 0 Å². The van der Waals surface area contributed by atoms with Gasteiger partial charge in [-0.25, -0.2) is 0 Å². The summed E-state index contributed by atoms with van der Waals surface area (Å²) >= 11 is 3.23. The minimum absolute atomic E-state index is 0.576. The van der Waals surface area contributed by atoms with Gasteiger partial charge in [0.2, 0.25) is 0 Å². The molecule has 0 fully saturated rings. The lowest BCUT2D eigenvalue weighted by atomic mass is 10.1. The topological polar surface area (TPSA) is 23.8 Å². The highest BCUT2D eigenvalue weighted by Gasteiger charge is 1.95. The SMILES string of the molecule is C=C/C(C#N)=C(\C=C)CBr.CC. The van der Waals surface area contributed by atoms with Crippen LogP contribution in [0.5, 0.6) is 0 Å². The molecular formula is C10H14BrN. The van der Waals surface area contributed by atoms with Crippen molar-refractivity contribution in [3.8, 4) is 6.07 Å². The molecule has 12 heavy (non-hydrogen) atoms. The van der Waals surface area contributed by atoms with E-state index in [0.29, 0.717) is 10.9 Å². The zero-order valence-electron chi connectivity index (χ0n) is 7.60. The lowest BCUT2D eigenvalue weighted by Crippen LogP contribution is -1.83. The van der Waals surface area contributed by atoms with Gasteiger partial charge in [0.15, 0.2) is 0 Å². The minimum atomic E-state index is 0.576. The molecule has 0 heterocycles. The van der Waals surface area contributed by atoms with E-state index in [9.17, 15) is 0 Å². The van der Waals surface area contributed by atoms with Crippen LogP contribution in [0.1, 0.15) is 13.8 Å². The Morgan fingerprint density at radius 3 is 2.00 bits per heavy atom. The molecule has 0 bridgehead atoms. The summed E-state index contributed by atoms with van der Waals surface area (Å²) in [5, 5.41) is 9.16. The molecule has 0 saturated heterocycles. The predicted octanol–water partition coefficient (Wildman–Crippen LogP) is 3.60. The third-order valence-corrected chi connectivity index (χ3v) is 1.67. The highest BCUT2D eigenvalue weighted by molar-refractivity contribution is 9.09. The monoisotopic (exact) mass is 227 g/mol. The normalized spacial score (nSPS) is 9.83. The molecule has 2 heteroatoms. The quantitative estimate of drug-likeness (QED) is 0.411. The van der Waals surface area contributed by atoms with E-state index in [1.165, 1.54) is 6.08 Å². The molecule has 0 amide bonds. The molecule has 0 saturated carbocycles. The van der Waals surface area contributed by atoms with Crippen LogP contribution in [0.15, 0.2) is 36.5 Å². The fraction of sp³-hybridized carbons (Fsp3) is 0.300. The molecule has 0 aliphatic carbocycles. The number of nitrogens with zero attached hydrogens (tertiary/aromatic N) is 1. The maximum Gasteiger partial charge on any atom is 0.0994 e. The Labute approximate surface area is 83.2 Å². The van der Waals surface area contributed by atoms with Crippen LogP contribution in [0.25, 0.3) is 0 Å². The highest BCUT2D eigenvalue weighted by Crippen LogP contribution is 2.08. The second kappa shape index (κ2) is 10.2. The molecular weight excluding hydrogens is 214 g/mol. The first-order chi connectivity index (χ1) is 5.79. The van der Waals surface area contributed by atoms with Crippen LogP contribution in [0.2, 0.25) is 0 Å². The van der Waals surface area contributed by atoms with Crippen molar-refractivity contribution < 1.29 is 0 Å². The van der Waals surface area contributed by atoms with Gasteiger partial charge in [-0.05, 0) is 5.57 Å². The van der Waals surface area contributed by atoms with Crippen molar-refractivity contribution in [2.75, 3.05) is 5.33 Å². The number of allylic oxidation sites excluding steroid dienone is 4. The fourth-order valence-electron chi connectivity index (χ4n) is 0.485. The van der Waals surface area contributed by atoms with E-state index in [-0.39, 0.29) is 0 Å². The van der Waals surface area contributed by atoms with Gasteiger partial charge in [0.25, 0.3) is 0 Å². The Morgan fingerprint density at radius 2 is 1.92 bits per heavy atom. The first kappa shape index (κ1) is 13.8. The maximum absolute atomic E-state index is 8.51. The van der Waals surface area contributed by atoms with E-state index in [0.717, 1.165) is 5.57 Å². The fourth-order valence-corrected chi connectivity index (χ4v) is 1.02. The van der Waals surface area contributed by atoms with Gasteiger partial charge in [0.05, 0.1) is 11.6 Å². The zero-order valence-corrected chi connectivity index (χ0v) is 9.19. The molecule has 0 aliphatic rings. The van der Waals surface area contributed by atoms with Crippen molar-refractivity contribution in [3.05, 3.63) is 36.5 Å². The summed E-state index contributed by atoms with van der Waals surface area (Å²) in [4.78, 5) is 0. The average Bonchev–Trinajstić information content (AvgIpc) is 2.17. The van der Waals surface area contributed by atoms with Crippen LogP contribution < -0.4 is 0 Å². The number of nitriles is 1. The molecule has 0 N–H and O–H groups in total. The minimum Gasteiger partial charge on any atom is -0.192 e. The molecule has 0 unspecified atom stereocenters. The summed E-state index contributed by atoms with van der Waals surface area (Å²) in [6.07, 6.45) is 3.17. The van der Waals surface area contributed by atoms with Crippen molar-refractivity contribution >= 4 is 15.9 Å². The number of hydrogen-bond acceptors (Lipinski definition) is 1. The summed E-state index contributed by atoms with van der Waals surface area (Å²) < 4.78 is 0. The molecule has 0 aromatic rings. The van der Waals surface area contributed by atoms with Crippen molar-refractivity contribution in [2.24, 2.45) is 0 Å². The molecule has 0 radical (unpaired) electrons. The number of hydrogen-bond donors (Lipinski definition) is 0. The van der Waals surface area contributed by atoms with Crippen LogP contribution in [-0.4, -0.2) is 5.33 Å².